The van der Waals surface area contributed by atoms with Gasteiger partial charge in [-0.25, -0.2) is 9.48 Å². The molecule has 0 radical (unpaired) electrons. The average Bonchev–Trinajstić information content (AvgIpc) is 3.11. The van der Waals surface area contributed by atoms with Crippen molar-refractivity contribution in [1.29, 1.82) is 0 Å². The second-order valence-corrected chi connectivity index (χ2v) is 5.62. The quantitative estimate of drug-likeness (QED) is 0.888. The minimum absolute atomic E-state index is 0.280. The van der Waals surface area contributed by atoms with E-state index in [1.807, 2.05) is 10.7 Å². The maximum atomic E-state index is 12.0. The van der Waals surface area contributed by atoms with E-state index < -0.39 is 0 Å². The summed E-state index contributed by atoms with van der Waals surface area (Å²) in [6, 6.07) is 8.93. The first-order valence-electron chi connectivity index (χ1n) is 7.09. The molecular formula is C15H17ClN4O. The van der Waals surface area contributed by atoms with E-state index in [0.717, 1.165) is 18.7 Å². The van der Waals surface area contributed by atoms with Crippen molar-refractivity contribution in [3.8, 4) is 0 Å². The number of anilines is 2. The van der Waals surface area contributed by atoms with E-state index in [-0.39, 0.29) is 6.03 Å². The first-order chi connectivity index (χ1) is 10.2. The third-order valence-electron chi connectivity index (χ3n) is 3.68. The predicted octanol–water partition coefficient (Wildman–Crippen LogP) is 4.30. The molecule has 0 spiro atoms. The number of urea groups is 1. The van der Waals surface area contributed by atoms with Crippen LogP contribution in [0.25, 0.3) is 0 Å². The maximum absolute atomic E-state index is 12.0. The van der Waals surface area contributed by atoms with Gasteiger partial charge in [-0.05, 0) is 37.1 Å². The lowest BCUT2D eigenvalue weighted by Gasteiger charge is -2.15. The summed E-state index contributed by atoms with van der Waals surface area (Å²) in [7, 11) is 0. The second-order valence-electron chi connectivity index (χ2n) is 5.19. The molecule has 5 nitrogen and oxygen atoms in total. The van der Waals surface area contributed by atoms with Crippen molar-refractivity contribution in [2.24, 2.45) is 0 Å². The summed E-state index contributed by atoms with van der Waals surface area (Å²) in [6.45, 7) is 0. The van der Waals surface area contributed by atoms with Crippen LogP contribution < -0.4 is 10.6 Å². The third kappa shape index (κ3) is 3.36. The fourth-order valence-electron chi connectivity index (χ4n) is 2.66. The van der Waals surface area contributed by atoms with Gasteiger partial charge < -0.3 is 5.32 Å². The summed E-state index contributed by atoms with van der Waals surface area (Å²) >= 11 is 5.82. The lowest BCUT2D eigenvalue weighted by molar-refractivity contribution is 0.262. The van der Waals surface area contributed by atoms with Crippen molar-refractivity contribution in [3.05, 3.63) is 41.6 Å². The molecule has 6 heteroatoms. The Bertz CT molecular complexity index is 617. The Balaban J connectivity index is 1.65. The molecule has 1 saturated carbocycles. The number of amides is 2. The van der Waals surface area contributed by atoms with Gasteiger partial charge in [0, 0.05) is 16.8 Å². The largest absolute Gasteiger partial charge is 0.324 e. The summed E-state index contributed by atoms with van der Waals surface area (Å²) in [5, 5.41) is 10.6. The standard InChI is InChI=1S/C15H17ClN4O/c16-11-5-7-12(8-6-11)18-15(21)19-14-9-10-17-20(14)13-3-1-2-4-13/h5-10,13H,1-4H2,(H2,18,19,21). The molecule has 2 aromatic rings. The molecule has 1 aliphatic carbocycles. The van der Waals surface area contributed by atoms with Gasteiger partial charge in [0.1, 0.15) is 5.82 Å². The molecule has 3 rings (SSSR count). The number of carbonyl (C=O) groups excluding carboxylic acids is 1. The summed E-state index contributed by atoms with van der Waals surface area (Å²) in [4.78, 5) is 12.0. The zero-order valence-electron chi connectivity index (χ0n) is 11.6. The van der Waals surface area contributed by atoms with E-state index in [9.17, 15) is 4.79 Å². The van der Waals surface area contributed by atoms with E-state index in [4.69, 9.17) is 11.6 Å². The second kappa shape index (κ2) is 6.18. The topological polar surface area (TPSA) is 59.0 Å². The number of nitrogens with zero attached hydrogens (tertiary/aromatic N) is 2. The Hall–Kier alpha value is -2.01. The van der Waals surface area contributed by atoms with Crippen LogP contribution in [0.15, 0.2) is 36.5 Å². The molecule has 2 amide bonds. The Morgan fingerprint density at radius 3 is 2.57 bits per heavy atom. The Kier molecular flexibility index (Phi) is 4.10. The first-order valence-corrected chi connectivity index (χ1v) is 7.47. The fraction of sp³-hybridized carbons (Fsp3) is 0.333. The molecule has 1 aliphatic rings. The zero-order chi connectivity index (χ0) is 14.7. The molecule has 1 fully saturated rings. The number of benzene rings is 1. The van der Waals surface area contributed by atoms with Gasteiger partial charge in [0.15, 0.2) is 0 Å². The van der Waals surface area contributed by atoms with Crippen LogP contribution in [0.2, 0.25) is 5.02 Å². The van der Waals surface area contributed by atoms with Crippen LogP contribution in [0.4, 0.5) is 16.3 Å². The van der Waals surface area contributed by atoms with Crippen LogP contribution in [0, 0.1) is 0 Å². The van der Waals surface area contributed by atoms with Crippen molar-refractivity contribution in [1.82, 2.24) is 9.78 Å². The van der Waals surface area contributed by atoms with Crippen LogP contribution >= 0.6 is 11.6 Å². The number of hydrogen-bond acceptors (Lipinski definition) is 2. The SMILES string of the molecule is O=C(Nc1ccc(Cl)cc1)Nc1ccnn1C1CCCC1. The monoisotopic (exact) mass is 304 g/mol. The summed E-state index contributed by atoms with van der Waals surface area (Å²) in [6.07, 6.45) is 6.41. The van der Waals surface area contributed by atoms with Crippen LogP contribution in [-0.4, -0.2) is 15.8 Å². The van der Waals surface area contributed by atoms with Gasteiger partial charge in [0.05, 0.1) is 12.2 Å². The predicted molar refractivity (Wildman–Crippen MR) is 83.8 cm³/mol. The summed E-state index contributed by atoms with van der Waals surface area (Å²) in [5.74, 6) is 0.730. The first kappa shape index (κ1) is 13.9. The summed E-state index contributed by atoms with van der Waals surface area (Å²) < 4.78 is 1.91. The summed E-state index contributed by atoms with van der Waals surface area (Å²) in [5.41, 5.74) is 0.698. The molecule has 0 saturated heterocycles. The van der Waals surface area contributed by atoms with Crippen LogP contribution in [0.5, 0.6) is 0 Å². The number of halogens is 1. The van der Waals surface area contributed by atoms with Gasteiger partial charge in [-0.3, -0.25) is 5.32 Å². The molecule has 0 aliphatic heterocycles. The highest BCUT2D eigenvalue weighted by Crippen LogP contribution is 2.31. The van der Waals surface area contributed by atoms with Crippen LogP contribution in [0.1, 0.15) is 31.7 Å². The number of nitrogens with one attached hydrogen (secondary N) is 2. The van der Waals surface area contributed by atoms with E-state index in [1.165, 1.54) is 12.8 Å². The van der Waals surface area contributed by atoms with Crippen molar-refractivity contribution in [3.63, 3.8) is 0 Å². The van der Waals surface area contributed by atoms with Crippen molar-refractivity contribution in [2.45, 2.75) is 31.7 Å². The van der Waals surface area contributed by atoms with E-state index in [0.29, 0.717) is 16.8 Å². The molecule has 1 aromatic carbocycles. The number of hydrogen-bond donors (Lipinski definition) is 2. The van der Waals surface area contributed by atoms with Gasteiger partial charge in [0.2, 0.25) is 0 Å². The molecule has 110 valence electrons. The van der Waals surface area contributed by atoms with E-state index in [1.54, 1.807) is 30.5 Å². The van der Waals surface area contributed by atoms with Gasteiger partial charge in [-0.2, -0.15) is 5.10 Å². The maximum Gasteiger partial charge on any atom is 0.324 e. The highest BCUT2D eigenvalue weighted by molar-refractivity contribution is 6.30. The molecule has 0 unspecified atom stereocenters. The van der Waals surface area contributed by atoms with Gasteiger partial charge in [0.25, 0.3) is 0 Å². The highest BCUT2D eigenvalue weighted by Gasteiger charge is 2.20. The molecule has 0 bridgehead atoms. The molecule has 2 N–H and O–H groups in total. The lowest BCUT2D eigenvalue weighted by Crippen LogP contribution is -2.22. The molecule has 21 heavy (non-hydrogen) atoms. The average molecular weight is 305 g/mol. The number of rotatable bonds is 3. The fourth-order valence-corrected chi connectivity index (χ4v) is 2.79. The number of carbonyl (C=O) groups is 1. The van der Waals surface area contributed by atoms with Crippen molar-refractivity contribution >= 4 is 29.1 Å². The minimum Gasteiger partial charge on any atom is -0.308 e. The Morgan fingerprint density at radius 1 is 1.14 bits per heavy atom. The van der Waals surface area contributed by atoms with Crippen LogP contribution in [0.3, 0.4) is 0 Å². The normalized spacial score (nSPS) is 15.1. The van der Waals surface area contributed by atoms with Crippen molar-refractivity contribution < 1.29 is 4.79 Å². The minimum atomic E-state index is -0.280. The third-order valence-corrected chi connectivity index (χ3v) is 3.94. The Labute approximate surface area is 128 Å². The van der Waals surface area contributed by atoms with E-state index >= 15 is 0 Å². The molecule has 0 atom stereocenters. The smallest absolute Gasteiger partial charge is 0.308 e. The lowest BCUT2D eigenvalue weighted by atomic mass is 10.2. The zero-order valence-corrected chi connectivity index (χ0v) is 12.3. The molecule has 1 heterocycles. The highest BCUT2D eigenvalue weighted by atomic mass is 35.5. The number of aromatic nitrogens is 2. The van der Waals surface area contributed by atoms with Gasteiger partial charge in [-0.15, -0.1) is 0 Å². The van der Waals surface area contributed by atoms with Crippen molar-refractivity contribution in [2.75, 3.05) is 10.6 Å². The molecular weight excluding hydrogens is 288 g/mol. The van der Waals surface area contributed by atoms with E-state index in [2.05, 4.69) is 15.7 Å². The van der Waals surface area contributed by atoms with Crippen LogP contribution in [-0.2, 0) is 0 Å². The Morgan fingerprint density at radius 2 is 1.86 bits per heavy atom. The van der Waals surface area contributed by atoms with Gasteiger partial charge in [-0.1, -0.05) is 24.4 Å². The van der Waals surface area contributed by atoms with Gasteiger partial charge >= 0.3 is 6.03 Å². The molecule has 1 aromatic heterocycles.